The van der Waals surface area contributed by atoms with Crippen molar-refractivity contribution in [3.05, 3.63) is 48.4 Å². The van der Waals surface area contributed by atoms with E-state index < -0.39 is 0 Å². The zero-order chi connectivity index (χ0) is 18.3. The quantitative estimate of drug-likeness (QED) is 0.756. The predicted octanol–water partition coefficient (Wildman–Crippen LogP) is 1.94. The second-order valence-electron chi connectivity index (χ2n) is 6.04. The van der Waals surface area contributed by atoms with E-state index in [9.17, 15) is 4.79 Å². The second-order valence-corrected chi connectivity index (χ2v) is 6.04. The molecule has 1 aliphatic rings. The van der Waals surface area contributed by atoms with E-state index in [0.29, 0.717) is 28.8 Å². The number of nitrogens with two attached hydrogens (primary N) is 1. The predicted molar refractivity (Wildman–Crippen MR) is 99.1 cm³/mol. The van der Waals surface area contributed by atoms with Gasteiger partial charge in [0.2, 0.25) is 5.91 Å². The molecule has 0 unspecified atom stereocenters. The first-order valence-corrected chi connectivity index (χ1v) is 8.09. The summed E-state index contributed by atoms with van der Waals surface area (Å²) in [5.41, 5.74) is 8.76. The van der Waals surface area contributed by atoms with Gasteiger partial charge in [0.25, 0.3) is 0 Å². The van der Waals surface area contributed by atoms with Crippen molar-refractivity contribution in [3.8, 4) is 11.5 Å². The number of nitrogens with zero attached hydrogens (tertiary/aromatic N) is 6. The lowest BCUT2D eigenvalue weighted by atomic mass is 10.2. The van der Waals surface area contributed by atoms with E-state index in [1.54, 1.807) is 36.5 Å². The number of anilines is 4. The highest BCUT2D eigenvalue weighted by atomic mass is 16.2. The minimum Gasteiger partial charge on any atom is -0.384 e. The van der Waals surface area contributed by atoms with Gasteiger partial charge >= 0.3 is 0 Å². The highest BCUT2D eigenvalue weighted by molar-refractivity contribution is 6.03. The third-order valence-corrected chi connectivity index (χ3v) is 4.23. The third kappa shape index (κ3) is 2.71. The van der Waals surface area contributed by atoms with E-state index in [2.05, 4.69) is 15.0 Å². The van der Waals surface area contributed by atoms with Gasteiger partial charge in [-0.05, 0) is 25.1 Å². The molecule has 0 fully saturated rings. The number of rotatable bonds is 2. The molecule has 4 heterocycles. The van der Waals surface area contributed by atoms with Crippen LogP contribution in [0.1, 0.15) is 5.69 Å². The smallest absolute Gasteiger partial charge is 0.246 e. The molecule has 2 N–H and O–H groups in total. The minimum absolute atomic E-state index is 0.0575. The summed E-state index contributed by atoms with van der Waals surface area (Å²) in [6, 6.07) is 9.21. The average Bonchev–Trinajstić information content (AvgIpc) is 2.64. The number of aryl methyl sites for hydroxylation is 1. The summed E-state index contributed by atoms with van der Waals surface area (Å²) in [6.07, 6.45) is 3.26. The average molecular weight is 347 g/mol. The van der Waals surface area contributed by atoms with E-state index in [1.807, 2.05) is 30.0 Å². The van der Waals surface area contributed by atoms with Gasteiger partial charge in [-0.3, -0.25) is 4.79 Å². The Labute approximate surface area is 150 Å². The number of amides is 1. The van der Waals surface area contributed by atoms with Crippen molar-refractivity contribution in [3.63, 3.8) is 0 Å². The molecule has 0 aromatic carbocycles. The molecule has 1 aliphatic heterocycles. The summed E-state index contributed by atoms with van der Waals surface area (Å²) in [7, 11) is 1.72. The SMILES string of the molecule is Cc1cccc(-c2ncc3c(n2)N(c2ccnc(N)c2)CC(=O)N3C)n1. The van der Waals surface area contributed by atoms with Gasteiger partial charge in [0.05, 0.1) is 6.20 Å². The number of likely N-dealkylation sites (N-methyl/N-ethyl adjacent to an activating group) is 1. The summed E-state index contributed by atoms with van der Waals surface area (Å²) in [6.45, 7) is 2.07. The Balaban J connectivity index is 1.87. The molecule has 8 nitrogen and oxygen atoms in total. The van der Waals surface area contributed by atoms with Crippen molar-refractivity contribution < 1.29 is 4.79 Å². The molecule has 130 valence electrons. The van der Waals surface area contributed by atoms with Crippen LogP contribution >= 0.6 is 0 Å². The van der Waals surface area contributed by atoms with E-state index in [4.69, 9.17) is 10.7 Å². The van der Waals surface area contributed by atoms with Crippen LogP contribution in [0.4, 0.5) is 23.0 Å². The Kier molecular flexibility index (Phi) is 3.72. The van der Waals surface area contributed by atoms with Crippen LogP contribution in [-0.2, 0) is 4.79 Å². The van der Waals surface area contributed by atoms with Crippen molar-refractivity contribution in [2.24, 2.45) is 0 Å². The summed E-state index contributed by atoms with van der Waals surface area (Å²) < 4.78 is 0. The molecule has 4 rings (SSSR count). The molecule has 0 saturated heterocycles. The normalized spacial score (nSPS) is 13.7. The fourth-order valence-corrected chi connectivity index (χ4v) is 2.86. The molecule has 0 bridgehead atoms. The van der Waals surface area contributed by atoms with Crippen LogP contribution in [-0.4, -0.2) is 39.4 Å². The maximum atomic E-state index is 12.4. The monoisotopic (exact) mass is 347 g/mol. The third-order valence-electron chi connectivity index (χ3n) is 4.23. The fourth-order valence-electron chi connectivity index (χ4n) is 2.86. The van der Waals surface area contributed by atoms with Crippen molar-refractivity contribution in [1.29, 1.82) is 0 Å². The van der Waals surface area contributed by atoms with Crippen molar-refractivity contribution in [2.45, 2.75) is 6.92 Å². The van der Waals surface area contributed by atoms with Crippen LogP contribution in [0.3, 0.4) is 0 Å². The fraction of sp³-hybridized carbons (Fsp3) is 0.167. The molecular weight excluding hydrogens is 330 g/mol. The Bertz CT molecular complexity index is 1000. The zero-order valence-electron chi connectivity index (χ0n) is 14.4. The molecule has 0 atom stereocenters. The number of fused-ring (bicyclic) bond motifs is 1. The van der Waals surface area contributed by atoms with E-state index >= 15 is 0 Å². The highest BCUT2D eigenvalue weighted by Gasteiger charge is 2.30. The van der Waals surface area contributed by atoms with Crippen molar-refractivity contribution >= 4 is 28.9 Å². The van der Waals surface area contributed by atoms with Crippen LogP contribution in [0, 0.1) is 6.92 Å². The summed E-state index contributed by atoms with van der Waals surface area (Å²) >= 11 is 0. The molecule has 0 spiro atoms. The van der Waals surface area contributed by atoms with Crippen molar-refractivity contribution in [2.75, 3.05) is 29.1 Å². The van der Waals surface area contributed by atoms with Crippen LogP contribution in [0.5, 0.6) is 0 Å². The second kappa shape index (κ2) is 6.07. The van der Waals surface area contributed by atoms with Crippen molar-refractivity contribution in [1.82, 2.24) is 19.9 Å². The van der Waals surface area contributed by atoms with Gasteiger partial charge < -0.3 is 15.5 Å². The molecule has 0 saturated carbocycles. The standard InChI is InChI=1S/C18H17N7O/c1-11-4-3-5-13(22-11)17-21-9-14-18(23-17)25(10-16(26)24(14)2)12-6-7-20-15(19)8-12/h3-9H,10H2,1-2H3,(H2,19,20). The summed E-state index contributed by atoms with van der Waals surface area (Å²) in [4.78, 5) is 33.4. The number of carbonyl (C=O) groups excluding carboxylic acids is 1. The van der Waals surface area contributed by atoms with Crippen LogP contribution in [0.25, 0.3) is 11.5 Å². The van der Waals surface area contributed by atoms with E-state index in [-0.39, 0.29) is 12.5 Å². The molecule has 26 heavy (non-hydrogen) atoms. The molecule has 0 aliphatic carbocycles. The molecule has 1 amide bonds. The van der Waals surface area contributed by atoms with Gasteiger partial charge in [-0.25, -0.2) is 19.9 Å². The minimum atomic E-state index is -0.0575. The van der Waals surface area contributed by atoms with Crippen LogP contribution in [0.15, 0.2) is 42.7 Å². The number of hydrogen-bond acceptors (Lipinski definition) is 7. The van der Waals surface area contributed by atoms with Gasteiger partial charge in [-0.2, -0.15) is 0 Å². The highest BCUT2D eigenvalue weighted by Crippen LogP contribution is 2.36. The number of hydrogen-bond donors (Lipinski definition) is 1. The first kappa shape index (κ1) is 15.9. The molecule has 3 aromatic rings. The van der Waals surface area contributed by atoms with Gasteiger partial charge in [-0.1, -0.05) is 6.07 Å². The first-order valence-electron chi connectivity index (χ1n) is 8.09. The zero-order valence-corrected chi connectivity index (χ0v) is 14.4. The van der Waals surface area contributed by atoms with Gasteiger partial charge in [0.1, 0.15) is 23.7 Å². The molecular formula is C18H17N7O. The molecule has 8 heteroatoms. The Morgan fingerprint density at radius 2 is 2.00 bits per heavy atom. The van der Waals surface area contributed by atoms with Crippen LogP contribution in [0.2, 0.25) is 0 Å². The molecule has 3 aromatic heterocycles. The maximum absolute atomic E-state index is 12.4. The topological polar surface area (TPSA) is 101 Å². The Morgan fingerprint density at radius 3 is 2.77 bits per heavy atom. The van der Waals surface area contributed by atoms with Gasteiger partial charge in [-0.15, -0.1) is 0 Å². The maximum Gasteiger partial charge on any atom is 0.246 e. The van der Waals surface area contributed by atoms with Crippen LogP contribution < -0.4 is 15.5 Å². The number of nitrogen functional groups attached to an aromatic ring is 1. The van der Waals surface area contributed by atoms with Gasteiger partial charge in [0, 0.05) is 30.7 Å². The Morgan fingerprint density at radius 1 is 1.15 bits per heavy atom. The Hall–Kier alpha value is -3.55. The van der Waals surface area contributed by atoms with E-state index in [0.717, 1.165) is 11.4 Å². The lowest BCUT2D eigenvalue weighted by Crippen LogP contribution is -2.42. The number of carbonyl (C=O) groups is 1. The van der Waals surface area contributed by atoms with E-state index in [1.165, 1.54) is 0 Å². The first-order chi connectivity index (χ1) is 12.5. The van der Waals surface area contributed by atoms with Gasteiger partial charge in [0.15, 0.2) is 11.6 Å². The lowest BCUT2D eigenvalue weighted by molar-refractivity contribution is -0.117. The number of pyridine rings is 2. The lowest BCUT2D eigenvalue weighted by Gasteiger charge is -2.34. The largest absolute Gasteiger partial charge is 0.384 e. The number of aromatic nitrogens is 4. The summed E-state index contributed by atoms with van der Waals surface area (Å²) in [5, 5.41) is 0. The molecule has 0 radical (unpaired) electrons. The summed E-state index contributed by atoms with van der Waals surface area (Å²) in [5.74, 6) is 1.45.